The van der Waals surface area contributed by atoms with Gasteiger partial charge in [0.1, 0.15) is 17.3 Å². The molecule has 1 saturated heterocycles. The van der Waals surface area contributed by atoms with Gasteiger partial charge in [0.2, 0.25) is 0 Å². The quantitative estimate of drug-likeness (QED) is 0.408. The van der Waals surface area contributed by atoms with Crippen LogP contribution in [0.2, 0.25) is 0 Å². The minimum atomic E-state index is -0.703. The highest BCUT2D eigenvalue weighted by atomic mass is 16.5. The maximum Gasteiger partial charge on any atom is 0.295 e. The Kier molecular flexibility index (Phi) is 6.42. The molecule has 3 rings (SSSR count). The number of methoxy groups -OCH3 is 2. The second-order valence-electron chi connectivity index (χ2n) is 7.46. The number of rotatable bonds is 7. The van der Waals surface area contributed by atoms with Gasteiger partial charge < -0.3 is 24.4 Å². The number of hydrogen-bond donors (Lipinski definition) is 2. The summed E-state index contributed by atoms with van der Waals surface area (Å²) in [5.41, 5.74) is 1.18. The van der Waals surface area contributed by atoms with Crippen LogP contribution in [0.15, 0.2) is 54.1 Å². The minimum Gasteiger partial charge on any atom is -0.507 e. The second kappa shape index (κ2) is 9.00. The zero-order valence-corrected chi connectivity index (χ0v) is 17.6. The number of carbonyl (C=O) groups excluding carboxylic acids is 2. The van der Waals surface area contributed by atoms with Crippen LogP contribution in [0.25, 0.3) is 5.76 Å². The van der Waals surface area contributed by atoms with E-state index in [0.717, 1.165) is 4.90 Å². The standard InChI is InChI=1S/C23H26N2O5/c1-24(2)11-12-25-20(15-7-5-9-17(13-15)29-3)19(22(27)23(25)28)21(26)16-8-6-10-18(14-16)30-4/h5-10,13-14,20,26H,11-12H2,1-4H3/p+1/t20-/m1/s1. The number of likely N-dealkylation sites (tertiary alicyclic amines) is 1. The molecule has 1 fully saturated rings. The Hall–Kier alpha value is -3.32. The van der Waals surface area contributed by atoms with E-state index in [2.05, 4.69) is 0 Å². The van der Waals surface area contributed by atoms with Gasteiger partial charge in [-0.1, -0.05) is 24.3 Å². The highest BCUT2D eigenvalue weighted by molar-refractivity contribution is 6.46. The minimum absolute atomic E-state index is 0.0651. The largest absolute Gasteiger partial charge is 0.507 e. The monoisotopic (exact) mass is 411 g/mol. The molecule has 2 aromatic rings. The van der Waals surface area contributed by atoms with Crippen molar-refractivity contribution >= 4 is 17.4 Å². The molecule has 0 spiro atoms. The van der Waals surface area contributed by atoms with Gasteiger partial charge in [0.25, 0.3) is 11.7 Å². The fourth-order valence-electron chi connectivity index (χ4n) is 3.54. The summed E-state index contributed by atoms with van der Waals surface area (Å²) in [5, 5.41) is 11.1. The summed E-state index contributed by atoms with van der Waals surface area (Å²) in [6, 6.07) is 13.3. The van der Waals surface area contributed by atoms with Crippen LogP contribution < -0.4 is 14.4 Å². The van der Waals surface area contributed by atoms with E-state index in [1.165, 1.54) is 12.0 Å². The maximum atomic E-state index is 13.0. The lowest BCUT2D eigenvalue weighted by molar-refractivity contribution is -0.857. The Morgan fingerprint density at radius 3 is 2.30 bits per heavy atom. The van der Waals surface area contributed by atoms with E-state index in [9.17, 15) is 14.7 Å². The van der Waals surface area contributed by atoms with Crippen molar-refractivity contribution in [3.8, 4) is 11.5 Å². The first kappa shape index (κ1) is 21.4. The molecule has 0 saturated carbocycles. The number of Topliss-reactive ketones (excluding diaryl/α,β-unsaturated/α-hetero) is 1. The lowest BCUT2D eigenvalue weighted by atomic mass is 9.95. The van der Waals surface area contributed by atoms with E-state index >= 15 is 0 Å². The number of benzene rings is 2. The highest BCUT2D eigenvalue weighted by Gasteiger charge is 2.46. The van der Waals surface area contributed by atoms with E-state index in [-0.39, 0.29) is 11.3 Å². The van der Waals surface area contributed by atoms with Gasteiger partial charge in [-0.3, -0.25) is 9.59 Å². The number of amides is 1. The van der Waals surface area contributed by atoms with Crippen LogP contribution in [0.3, 0.4) is 0 Å². The van der Waals surface area contributed by atoms with Gasteiger partial charge in [0.15, 0.2) is 0 Å². The number of quaternary nitrogens is 1. The number of carbonyl (C=O) groups is 2. The Labute approximate surface area is 176 Å². The molecule has 30 heavy (non-hydrogen) atoms. The van der Waals surface area contributed by atoms with Crippen LogP contribution >= 0.6 is 0 Å². The third-order valence-corrected chi connectivity index (χ3v) is 5.15. The number of nitrogens with zero attached hydrogens (tertiary/aromatic N) is 1. The molecule has 7 heteroatoms. The SMILES string of the molecule is COc1cccc(C(O)=C2C(=O)C(=O)N(CC[NH+](C)C)[C@@H]2c2cccc(OC)c2)c1. The molecule has 1 heterocycles. The molecule has 1 atom stereocenters. The second-order valence-corrected chi connectivity index (χ2v) is 7.46. The number of ketones is 1. The van der Waals surface area contributed by atoms with E-state index in [1.54, 1.807) is 49.6 Å². The van der Waals surface area contributed by atoms with Gasteiger partial charge in [-0.2, -0.15) is 0 Å². The van der Waals surface area contributed by atoms with E-state index in [4.69, 9.17) is 9.47 Å². The van der Waals surface area contributed by atoms with Crippen molar-refractivity contribution in [2.24, 2.45) is 0 Å². The first-order valence-corrected chi connectivity index (χ1v) is 9.73. The molecule has 1 aliphatic rings. The summed E-state index contributed by atoms with van der Waals surface area (Å²) in [5.74, 6) is -0.384. The van der Waals surface area contributed by atoms with Gasteiger partial charge in [-0.15, -0.1) is 0 Å². The lowest BCUT2D eigenvalue weighted by Crippen LogP contribution is -3.06. The van der Waals surface area contributed by atoms with Crippen LogP contribution in [0.5, 0.6) is 11.5 Å². The molecule has 7 nitrogen and oxygen atoms in total. The summed E-state index contributed by atoms with van der Waals surface area (Å²) in [6.07, 6.45) is 0. The van der Waals surface area contributed by atoms with E-state index < -0.39 is 17.7 Å². The average molecular weight is 411 g/mol. The molecule has 0 unspecified atom stereocenters. The van der Waals surface area contributed by atoms with Crippen LogP contribution in [-0.4, -0.2) is 63.1 Å². The maximum absolute atomic E-state index is 13.0. The molecule has 0 aromatic heterocycles. The Morgan fingerprint density at radius 1 is 1.03 bits per heavy atom. The number of ether oxygens (including phenoxy) is 2. The van der Waals surface area contributed by atoms with Gasteiger partial charge in [-0.25, -0.2) is 0 Å². The van der Waals surface area contributed by atoms with Crippen molar-refractivity contribution in [3.63, 3.8) is 0 Å². The van der Waals surface area contributed by atoms with Crippen molar-refractivity contribution in [2.45, 2.75) is 6.04 Å². The van der Waals surface area contributed by atoms with Crippen LogP contribution in [-0.2, 0) is 9.59 Å². The lowest BCUT2D eigenvalue weighted by Gasteiger charge is -2.26. The predicted molar refractivity (Wildman–Crippen MR) is 113 cm³/mol. The van der Waals surface area contributed by atoms with Crippen molar-refractivity contribution in [2.75, 3.05) is 41.4 Å². The third-order valence-electron chi connectivity index (χ3n) is 5.15. The number of likely N-dealkylation sites (N-methyl/N-ethyl adjacent to an activating group) is 1. The summed E-state index contributed by atoms with van der Waals surface area (Å²) >= 11 is 0. The molecule has 2 N–H and O–H groups in total. The molecular weight excluding hydrogens is 384 g/mol. The molecule has 1 amide bonds. The number of aliphatic hydroxyl groups is 1. The zero-order valence-electron chi connectivity index (χ0n) is 17.6. The smallest absolute Gasteiger partial charge is 0.295 e. The molecule has 158 valence electrons. The van der Waals surface area contributed by atoms with Crippen molar-refractivity contribution in [1.82, 2.24) is 4.90 Å². The fraction of sp³-hybridized carbons (Fsp3) is 0.304. The van der Waals surface area contributed by atoms with Crippen LogP contribution in [0.4, 0.5) is 0 Å². The molecular formula is C23H27N2O5+. The van der Waals surface area contributed by atoms with Crippen molar-refractivity contribution in [3.05, 3.63) is 65.2 Å². The topological polar surface area (TPSA) is 80.5 Å². The van der Waals surface area contributed by atoms with E-state index in [0.29, 0.717) is 35.7 Å². The Morgan fingerprint density at radius 2 is 1.67 bits per heavy atom. The summed E-state index contributed by atoms with van der Waals surface area (Å²) in [4.78, 5) is 28.6. The molecule has 0 aliphatic carbocycles. The normalized spacial score (nSPS) is 18.2. The highest BCUT2D eigenvalue weighted by Crippen LogP contribution is 2.40. The van der Waals surface area contributed by atoms with Crippen molar-refractivity contribution < 1.29 is 29.1 Å². The summed E-state index contributed by atoms with van der Waals surface area (Å²) in [7, 11) is 7.04. The first-order chi connectivity index (χ1) is 14.4. The van der Waals surface area contributed by atoms with Gasteiger partial charge in [0, 0.05) is 5.56 Å². The van der Waals surface area contributed by atoms with Gasteiger partial charge in [-0.05, 0) is 29.8 Å². The molecule has 0 bridgehead atoms. The average Bonchev–Trinajstić information content (AvgIpc) is 3.01. The first-order valence-electron chi connectivity index (χ1n) is 9.73. The Balaban J connectivity index is 2.16. The number of nitrogens with one attached hydrogen (secondary N) is 1. The molecule has 1 aliphatic heterocycles. The van der Waals surface area contributed by atoms with Crippen molar-refractivity contribution in [1.29, 1.82) is 0 Å². The molecule has 2 aromatic carbocycles. The van der Waals surface area contributed by atoms with Gasteiger partial charge >= 0.3 is 0 Å². The summed E-state index contributed by atoms with van der Waals surface area (Å²) < 4.78 is 10.6. The van der Waals surface area contributed by atoms with Crippen LogP contribution in [0, 0.1) is 0 Å². The molecule has 0 radical (unpaired) electrons. The number of aliphatic hydroxyl groups excluding tert-OH is 1. The predicted octanol–water partition coefficient (Wildman–Crippen LogP) is 1.27. The van der Waals surface area contributed by atoms with Crippen LogP contribution in [0.1, 0.15) is 17.2 Å². The third kappa shape index (κ3) is 4.16. The van der Waals surface area contributed by atoms with Gasteiger partial charge in [0.05, 0.1) is 53.0 Å². The zero-order chi connectivity index (χ0) is 21.8. The Bertz CT molecular complexity index is 983. The number of hydrogen-bond acceptors (Lipinski definition) is 5. The fourth-order valence-corrected chi connectivity index (χ4v) is 3.54. The van der Waals surface area contributed by atoms with E-state index in [1.807, 2.05) is 20.2 Å². The summed E-state index contributed by atoms with van der Waals surface area (Å²) in [6.45, 7) is 1.04.